The summed E-state index contributed by atoms with van der Waals surface area (Å²) in [7, 11) is 0. The van der Waals surface area contributed by atoms with Gasteiger partial charge in [0.15, 0.2) is 12.4 Å². The van der Waals surface area contributed by atoms with Crippen LogP contribution in [0.15, 0.2) is 29.4 Å². The molecule has 0 atom stereocenters. The normalized spacial score (nSPS) is 33.3. The molecule has 25 heavy (non-hydrogen) atoms. The van der Waals surface area contributed by atoms with Crippen LogP contribution in [0.4, 0.5) is 0 Å². The Kier molecular flexibility index (Phi) is 4.36. The van der Waals surface area contributed by atoms with E-state index in [9.17, 15) is 4.79 Å². The van der Waals surface area contributed by atoms with Crippen LogP contribution in [0.3, 0.4) is 0 Å². The number of benzene rings is 1. The van der Waals surface area contributed by atoms with Crippen molar-refractivity contribution in [1.29, 1.82) is 0 Å². The number of nitrogens with one attached hydrogen (secondary N) is 1. The Balaban J connectivity index is 1.31. The predicted molar refractivity (Wildman–Crippen MR) is 97.2 cm³/mol. The van der Waals surface area contributed by atoms with E-state index in [0.29, 0.717) is 10.6 Å². The quantitative estimate of drug-likeness (QED) is 0.480. The molecule has 5 nitrogen and oxygen atoms in total. The van der Waals surface area contributed by atoms with Crippen molar-refractivity contribution in [3.8, 4) is 0 Å². The van der Waals surface area contributed by atoms with E-state index in [0.717, 1.165) is 37.0 Å². The summed E-state index contributed by atoms with van der Waals surface area (Å²) in [6, 6.07) is 7.00. The average Bonchev–Trinajstić information content (AvgIpc) is 2.53. The number of carbonyl (C=O) groups excluding carboxylic acids is 1. The average molecular weight is 362 g/mol. The number of amidine groups is 1. The zero-order chi connectivity index (χ0) is 17.4. The van der Waals surface area contributed by atoms with Crippen molar-refractivity contribution in [2.45, 2.75) is 44.1 Å². The molecule has 5 rings (SSSR count). The van der Waals surface area contributed by atoms with E-state index in [1.807, 2.05) is 0 Å². The van der Waals surface area contributed by atoms with Crippen LogP contribution in [0, 0.1) is 17.8 Å². The van der Waals surface area contributed by atoms with Crippen LogP contribution in [0.2, 0.25) is 5.02 Å². The standard InChI is InChI=1S/C19H24ClN3O2/c20-16-3-1-15(2-4-16)18(21)23-25-11-17(24)22-19-8-12-5-13(9-19)7-14(6-12)10-19/h1-4,12-14H,5-11H2,(H2,21,23)(H,22,24). The topological polar surface area (TPSA) is 76.7 Å². The molecule has 4 bridgehead atoms. The fourth-order valence-electron chi connectivity index (χ4n) is 5.43. The number of rotatable bonds is 5. The van der Waals surface area contributed by atoms with Crippen molar-refractivity contribution in [1.82, 2.24) is 5.32 Å². The molecule has 0 spiro atoms. The van der Waals surface area contributed by atoms with Crippen molar-refractivity contribution in [2.75, 3.05) is 6.61 Å². The Morgan fingerprint density at radius 1 is 1.16 bits per heavy atom. The second-order valence-corrected chi connectivity index (χ2v) is 8.44. The van der Waals surface area contributed by atoms with Gasteiger partial charge in [0.05, 0.1) is 0 Å². The summed E-state index contributed by atoms with van der Waals surface area (Å²) in [5.41, 5.74) is 6.58. The number of halogens is 1. The fourth-order valence-corrected chi connectivity index (χ4v) is 5.56. The van der Waals surface area contributed by atoms with Crippen LogP contribution in [-0.2, 0) is 9.63 Å². The third kappa shape index (κ3) is 3.61. The molecule has 3 N–H and O–H groups in total. The molecular weight excluding hydrogens is 338 g/mol. The third-order valence-electron chi connectivity index (χ3n) is 5.94. The van der Waals surface area contributed by atoms with Crippen molar-refractivity contribution in [3.05, 3.63) is 34.9 Å². The first-order valence-corrected chi connectivity index (χ1v) is 9.41. The van der Waals surface area contributed by atoms with E-state index in [1.54, 1.807) is 24.3 Å². The van der Waals surface area contributed by atoms with Crippen LogP contribution in [-0.4, -0.2) is 23.9 Å². The number of carbonyl (C=O) groups is 1. The Hall–Kier alpha value is -1.75. The summed E-state index contributed by atoms with van der Waals surface area (Å²) >= 11 is 5.85. The minimum absolute atomic E-state index is 0.000626. The molecular formula is C19H24ClN3O2. The monoisotopic (exact) mass is 361 g/mol. The number of hydrogen-bond acceptors (Lipinski definition) is 3. The number of hydrogen-bond donors (Lipinski definition) is 2. The summed E-state index contributed by atoms with van der Waals surface area (Å²) in [5.74, 6) is 2.52. The zero-order valence-corrected chi connectivity index (χ0v) is 15.0. The summed E-state index contributed by atoms with van der Waals surface area (Å²) in [5, 5.41) is 7.73. The van der Waals surface area contributed by atoms with Crippen LogP contribution >= 0.6 is 11.6 Å². The summed E-state index contributed by atoms with van der Waals surface area (Å²) in [6.45, 7) is -0.101. The van der Waals surface area contributed by atoms with E-state index in [2.05, 4.69) is 10.5 Å². The van der Waals surface area contributed by atoms with Gasteiger partial charge in [0, 0.05) is 16.1 Å². The molecule has 0 heterocycles. The smallest absolute Gasteiger partial charge is 0.261 e. The Morgan fingerprint density at radius 3 is 2.28 bits per heavy atom. The van der Waals surface area contributed by atoms with Gasteiger partial charge in [-0.1, -0.05) is 16.8 Å². The summed E-state index contributed by atoms with van der Waals surface area (Å²) < 4.78 is 0. The lowest BCUT2D eigenvalue weighted by atomic mass is 9.53. The molecule has 1 amide bonds. The zero-order valence-electron chi connectivity index (χ0n) is 14.2. The number of nitrogens with two attached hydrogens (primary N) is 1. The van der Waals surface area contributed by atoms with Gasteiger partial charge in [-0.25, -0.2) is 0 Å². The highest BCUT2D eigenvalue weighted by atomic mass is 35.5. The molecule has 0 aliphatic heterocycles. The second kappa shape index (κ2) is 6.52. The van der Waals surface area contributed by atoms with Gasteiger partial charge in [-0.15, -0.1) is 0 Å². The predicted octanol–water partition coefficient (Wildman–Crippen LogP) is 3.06. The molecule has 6 heteroatoms. The molecule has 1 aromatic rings. The van der Waals surface area contributed by atoms with Crippen molar-refractivity contribution in [2.24, 2.45) is 28.6 Å². The highest BCUT2D eigenvalue weighted by molar-refractivity contribution is 6.30. The van der Waals surface area contributed by atoms with E-state index >= 15 is 0 Å². The highest BCUT2D eigenvalue weighted by Gasteiger charge is 2.51. The van der Waals surface area contributed by atoms with Gasteiger partial charge in [0.25, 0.3) is 5.91 Å². The van der Waals surface area contributed by atoms with E-state index in [4.69, 9.17) is 22.2 Å². The molecule has 1 aromatic carbocycles. The number of oxime groups is 1. The fraction of sp³-hybridized carbons (Fsp3) is 0.579. The first-order chi connectivity index (χ1) is 12.0. The van der Waals surface area contributed by atoms with Crippen molar-refractivity contribution >= 4 is 23.3 Å². The van der Waals surface area contributed by atoms with Crippen molar-refractivity contribution < 1.29 is 9.63 Å². The second-order valence-electron chi connectivity index (χ2n) is 8.00. The van der Waals surface area contributed by atoms with E-state index in [-0.39, 0.29) is 23.9 Å². The van der Waals surface area contributed by atoms with E-state index < -0.39 is 0 Å². The molecule has 4 aliphatic carbocycles. The number of nitrogens with zero attached hydrogens (tertiary/aromatic N) is 1. The maximum absolute atomic E-state index is 12.3. The minimum Gasteiger partial charge on any atom is -0.384 e. The molecule has 0 unspecified atom stereocenters. The lowest BCUT2D eigenvalue weighted by Gasteiger charge is -2.56. The largest absolute Gasteiger partial charge is 0.384 e. The summed E-state index contributed by atoms with van der Waals surface area (Å²) in [4.78, 5) is 17.5. The molecule has 0 aromatic heterocycles. The third-order valence-corrected chi connectivity index (χ3v) is 6.19. The molecule has 0 radical (unpaired) electrons. The molecule has 4 saturated carbocycles. The van der Waals surface area contributed by atoms with Crippen LogP contribution in [0.25, 0.3) is 0 Å². The minimum atomic E-state index is -0.102. The Morgan fingerprint density at radius 2 is 1.72 bits per heavy atom. The molecule has 4 aliphatic rings. The first kappa shape index (κ1) is 16.7. The Labute approximate surface area is 152 Å². The van der Waals surface area contributed by atoms with Crippen LogP contribution < -0.4 is 11.1 Å². The number of amides is 1. The molecule has 4 fully saturated rings. The van der Waals surface area contributed by atoms with Gasteiger partial charge in [-0.2, -0.15) is 0 Å². The maximum Gasteiger partial charge on any atom is 0.261 e. The van der Waals surface area contributed by atoms with Gasteiger partial charge >= 0.3 is 0 Å². The van der Waals surface area contributed by atoms with Gasteiger partial charge in [0.2, 0.25) is 0 Å². The molecule has 0 saturated heterocycles. The van der Waals surface area contributed by atoms with E-state index in [1.165, 1.54) is 19.3 Å². The van der Waals surface area contributed by atoms with Crippen LogP contribution in [0.5, 0.6) is 0 Å². The lowest BCUT2D eigenvalue weighted by molar-refractivity contribution is -0.131. The van der Waals surface area contributed by atoms with Crippen molar-refractivity contribution in [3.63, 3.8) is 0 Å². The van der Waals surface area contributed by atoms with Gasteiger partial charge in [-0.3, -0.25) is 4.79 Å². The lowest BCUT2D eigenvalue weighted by Crippen LogP contribution is -2.60. The van der Waals surface area contributed by atoms with Gasteiger partial charge in [-0.05, 0) is 80.5 Å². The maximum atomic E-state index is 12.3. The molecule has 134 valence electrons. The van der Waals surface area contributed by atoms with Gasteiger partial charge in [0.1, 0.15) is 0 Å². The Bertz CT molecular complexity index is 651. The first-order valence-electron chi connectivity index (χ1n) is 9.04. The SMILES string of the molecule is N/C(=N/OCC(=O)NC12CC3CC(CC(C3)C1)C2)c1ccc(Cl)cc1. The highest BCUT2D eigenvalue weighted by Crippen LogP contribution is 2.55. The van der Waals surface area contributed by atoms with Crippen LogP contribution in [0.1, 0.15) is 44.1 Å². The summed E-state index contributed by atoms with van der Waals surface area (Å²) in [6.07, 6.45) is 7.44. The van der Waals surface area contributed by atoms with Gasteiger partial charge < -0.3 is 15.9 Å².